The number of carbonyl (C=O) groups excluding carboxylic acids is 2. The van der Waals surface area contributed by atoms with Crippen LogP contribution in [0.25, 0.3) is 11.8 Å². The number of nitrogens with zero attached hydrogens (tertiary/aromatic N) is 2. The summed E-state index contributed by atoms with van der Waals surface area (Å²) in [4.78, 5) is 26.9. The number of aryl methyl sites for hydroxylation is 1. The topological polar surface area (TPSA) is 42.3 Å². The van der Waals surface area contributed by atoms with Crippen LogP contribution in [0.2, 0.25) is 10.0 Å². The van der Waals surface area contributed by atoms with E-state index in [0.29, 0.717) is 15.0 Å². The van der Waals surface area contributed by atoms with Crippen LogP contribution in [0.4, 0.5) is 4.79 Å². The van der Waals surface area contributed by atoms with Crippen LogP contribution in [-0.4, -0.2) is 20.6 Å². The van der Waals surface area contributed by atoms with E-state index in [1.165, 1.54) is 4.90 Å². The molecule has 3 aromatic rings. The molecule has 0 aliphatic carbocycles. The summed E-state index contributed by atoms with van der Waals surface area (Å²) in [6, 6.07) is 16.7. The number of amides is 2. The van der Waals surface area contributed by atoms with Crippen LogP contribution in [0.1, 0.15) is 16.8 Å². The first kappa shape index (κ1) is 19.8. The highest BCUT2D eigenvalue weighted by atomic mass is 35.5. The highest BCUT2D eigenvalue weighted by Gasteiger charge is 2.35. The van der Waals surface area contributed by atoms with Gasteiger partial charge < -0.3 is 4.57 Å². The third-order valence-electron chi connectivity index (χ3n) is 4.65. The van der Waals surface area contributed by atoms with Crippen LogP contribution < -0.4 is 0 Å². The van der Waals surface area contributed by atoms with Crippen molar-refractivity contribution in [2.75, 3.05) is 0 Å². The van der Waals surface area contributed by atoms with Gasteiger partial charge in [-0.05, 0) is 66.2 Å². The summed E-state index contributed by atoms with van der Waals surface area (Å²) >= 11 is 13.4. The van der Waals surface area contributed by atoms with Gasteiger partial charge in [0.2, 0.25) is 0 Å². The van der Waals surface area contributed by atoms with Crippen LogP contribution in [-0.2, 0) is 11.3 Å². The summed E-state index contributed by atoms with van der Waals surface area (Å²) in [5.41, 5.74) is 3.39. The van der Waals surface area contributed by atoms with Crippen LogP contribution in [0.5, 0.6) is 0 Å². The fourth-order valence-electron chi connectivity index (χ4n) is 3.05. The zero-order chi connectivity index (χ0) is 20.5. The fraction of sp³-hybridized carbons (Fsp3) is 0.0909. The van der Waals surface area contributed by atoms with Gasteiger partial charge in [-0.25, -0.2) is 0 Å². The van der Waals surface area contributed by atoms with Crippen molar-refractivity contribution in [1.29, 1.82) is 0 Å². The highest BCUT2D eigenvalue weighted by molar-refractivity contribution is 8.18. The molecule has 1 aliphatic heterocycles. The number of carbonyl (C=O) groups is 2. The minimum Gasteiger partial charge on any atom is -0.317 e. The molecule has 146 valence electrons. The Labute approximate surface area is 182 Å². The van der Waals surface area contributed by atoms with Crippen LogP contribution >= 0.6 is 35.0 Å². The number of benzene rings is 2. The van der Waals surface area contributed by atoms with Crippen molar-refractivity contribution in [3.05, 3.63) is 92.6 Å². The Bertz CT molecular complexity index is 1150. The Morgan fingerprint density at radius 3 is 2.55 bits per heavy atom. The van der Waals surface area contributed by atoms with Gasteiger partial charge in [-0.2, -0.15) is 0 Å². The molecule has 2 heterocycles. The Balaban J connectivity index is 1.62. The van der Waals surface area contributed by atoms with E-state index in [-0.39, 0.29) is 17.7 Å². The Morgan fingerprint density at radius 2 is 1.79 bits per heavy atom. The molecule has 2 aromatic carbocycles. The van der Waals surface area contributed by atoms with Crippen molar-refractivity contribution in [3.63, 3.8) is 0 Å². The normalized spacial score (nSPS) is 15.6. The van der Waals surface area contributed by atoms with Gasteiger partial charge in [0.05, 0.1) is 11.4 Å². The molecule has 1 saturated heterocycles. The lowest BCUT2D eigenvalue weighted by Gasteiger charge is -2.13. The van der Waals surface area contributed by atoms with Crippen molar-refractivity contribution in [2.24, 2.45) is 0 Å². The minimum atomic E-state index is -0.324. The van der Waals surface area contributed by atoms with E-state index < -0.39 is 0 Å². The quantitative estimate of drug-likeness (QED) is 0.443. The number of thioether (sulfide) groups is 1. The molecule has 0 saturated carbocycles. The summed E-state index contributed by atoms with van der Waals surface area (Å²) in [6.07, 6.45) is 3.62. The highest BCUT2D eigenvalue weighted by Crippen LogP contribution is 2.34. The van der Waals surface area contributed by atoms with Crippen LogP contribution in [0.15, 0.2) is 65.7 Å². The number of aromatic nitrogens is 1. The van der Waals surface area contributed by atoms with Crippen molar-refractivity contribution in [3.8, 4) is 5.69 Å². The van der Waals surface area contributed by atoms with E-state index in [0.717, 1.165) is 34.3 Å². The average molecular weight is 443 g/mol. The van der Waals surface area contributed by atoms with Crippen LogP contribution in [0.3, 0.4) is 0 Å². The minimum absolute atomic E-state index is 0.149. The molecule has 4 nitrogen and oxygen atoms in total. The molecule has 1 fully saturated rings. The van der Waals surface area contributed by atoms with Crippen molar-refractivity contribution in [1.82, 2.24) is 9.47 Å². The zero-order valence-corrected chi connectivity index (χ0v) is 17.8. The molecule has 1 aliphatic rings. The van der Waals surface area contributed by atoms with Gasteiger partial charge >= 0.3 is 0 Å². The van der Waals surface area contributed by atoms with Gasteiger partial charge in [-0.1, -0.05) is 47.5 Å². The second kappa shape index (κ2) is 8.11. The monoisotopic (exact) mass is 442 g/mol. The van der Waals surface area contributed by atoms with Gasteiger partial charge in [0.25, 0.3) is 11.1 Å². The second-order valence-corrected chi connectivity index (χ2v) is 8.40. The summed E-state index contributed by atoms with van der Waals surface area (Å²) < 4.78 is 1.92. The SMILES string of the molecule is Cc1ccc(-n2cccc2/C=C2\SC(=O)N(Cc3ccccc3Cl)C2=O)cc1Cl. The third kappa shape index (κ3) is 3.99. The first-order chi connectivity index (χ1) is 13.9. The predicted molar refractivity (Wildman–Crippen MR) is 118 cm³/mol. The maximum absolute atomic E-state index is 12.8. The molecule has 0 unspecified atom stereocenters. The summed E-state index contributed by atoms with van der Waals surface area (Å²) in [6.45, 7) is 2.09. The predicted octanol–water partition coefficient (Wildman–Crippen LogP) is 6.33. The number of hydrogen-bond acceptors (Lipinski definition) is 3. The summed E-state index contributed by atoms with van der Waals surface area (Å²) in [5.74, 6) is -0.324. The van der Waals surface area contributed by atoms with Gasteiger partial charge in [-0.3, -0.25) is 14.5 Å². The lowest BCUT2D eigenvalue weighted by atomic mass is 10.2. The smallest absolute Gasteiger partial charge is 0.293 e. The maximum atomic E-state index is 12.8. The molecule has 0 N–H and O–H groups in total. The van der Waals surface area contributed by atoms with E-state index in [1.54, 1.807) is 12.1 Å². The van der Waals surface area contributed by atoms with E-state index >= 15 is 0 Å². The zero-order valence-electron chi connectivity index (χ0n) is 15.4. The lowest BCUT2D eigenvalue weighted by Crippen LogP contribution is -2.27. The molecule has 0 bridgehead atoms. The maximum Gasteiger partial charge on any atom is 0.293 e. The van der Waals surface area contributed by atoms with Crippen molar-refractivity contribution < 1.29 is 9.59 Å². The molecule has 7 heteroatoms. The summed E-state index contributed by atoms with van der Waals surface area (Å²) in [5, 5.41) is 0.889. The number of halogens is 2. The molecule has 0 atom stereocenters. The summed E-state index contributed by atoms with van der Waals surface area (Å²) in [7, 11) is 0. The Morgan fingerprint density at radius 1 is 1.00 bits per heavy atom. The Hall–Kier alpha value is -2.47. The second-order valence-electron chi connectivity index (χ2n) is 6.60. The molecular weight excluding hydrogens is 427 g/mol. The van der Waals surface area contributed by atoms with E-state index in [4.69, 9.17) is 23.2 Å². The first-order valence-corrected chi connectivity index (χ1v) is 10.4. The van der Waals surface area contributed by atoms with Gasteiger partial charge in [0.1, 0.15) is 0 Å². The van der Waals surface area contributed by atoms with E-state index in [9.17, 15) is 9.59 Å². The molecule has 4 rings (SSSR count). The van der Waals surface area contributed by atoms with Crippen molar-refractivity contribution >= 4 is 52.2 Å². The Kier molecular flexibility index (Phi) is 5.54. The standard InChI is InChI=1S/C22H16Cl2N2O2S/c1-14-8-9-17(11-19(14)24)25-10-4-6-16(25)12-20-21(27)26(22(28)29-20)13-15-5-2-3-7-18(15)23/h2-12H,13H2,1H3/b20-12-. The van der Waals surface area contributed by atoms with E-state index in [2.05, 4.69) is 0 Å². The molecule has 1 aromatic heterocycles. The molecule has 2 amide bonds. The molecule has 0 spiro atoms. The lowest BCUT2D eigenvalue weighted by molar-refractivity contribution is -0.123. The van der Waals surface area contributed by atoms with Gasteiger partial charge in [0, 0.05) is 27.6 Å². The number of imide groups is 1. The van der Waals surface area contributed by atoms with Gasteiger partial charge in [0.15, 0.2) is 0 Å². The van der Waals surface area contributed by atoms with E-state index in [1.807, 2.05) is 66.2 Å². The number of hydrogen-bond donors (Lipinski definition) is 0. The van der Waals surface area contributed by atoms with Gasteiger partial charge in [-0.15, -0.1) is 0 Å². The molecular formula is C22H16Cl2N2O2S. The van der Waals surface area contributed by atoms with Crippen molar-refractivity contribution in [2.45, 2.75) is 13.5 Å². The van der Waals surface area contributed by atoms with Crippen LogP contribution in [0, 0.1) is 6.92 Å². The number of rotatable bonds is 4. The molecule has 29 heavy (non-hydrogen) atoms. The average Bonchev–Trinajstić information content (AvgIpc) is 3.26. The molecule has 0 radical (unpaired) electrons. The third-order valence-corrected chi connectivity index (χ3v) is 6.34. The largest absolute Gasteiger partial charge is 0.317 e. The first-order valence-electron chi connectivity index (χ1n) is 8.86. The fourth-order valence-corrected chi connectivity index (χ4v) is 4.24.